The number of nitrogens with one attached hydrogen (secondary N) is 1. The normalized spacial score (nSPS) is 11.1. The van der Waals surface area contributed by atoms with Gasteiger partial charge < -0.3 is 15.4 Å². The van der Waals surface area contributed by atoms with Gasteiger partial charge in [-0.15, -0.1) is 0 Å². The van der Waals surface area contributed by atoms with Gasteiger partial charge in [-0.1, -0.05) is 18.2 Å². The Labute approximate surface area is 162 Å². The topological polar surface area (TPSA) is 110 Å². The molecule has 2 amide bonds. The highest BCUT2D eigenvalue weighted by Gasteiger charge is 2.09. The van der Waals surface area contributed by atoms with Crippen LogP contribution >= 0.6 is 22.6 Å². The van der Waals surface area contributed by atoms with Crippen molar-refractivity contribution in [3.05, 3.63) is 63.4 Å². The first-order chi connectivity index (χ1) is 12.5. The minimum atomic E-state index is -0.443. The van der Waals surface area contributed by atoms with Crippen LogP contribution in [-0.2, 0) is 11.3 Å². The van der Waals surface area contributed by atoms with E-state index >= 15 is 0 Å². The standard InChI is InChI=1S/C18H15IN4O3/c19-14-6-5-11(7-16(14)24)18(26)22-21-8-12-9-23(10-17(20)25)15-4-2-1-3-13(12)15/h1-9,24H,10H2,(H2,20,25)(H,22,26)/b21-8-. The first-order valence-electron chi connectivity index (χ1n) is 7.64. The monoisotopic (exact) mass is 462 g/mol. The molecule has 0 saturated heterocycles. The number of rotatable bonds is 5. The Kier molecular flexibility index (Phi) is 5.21. The number of carbonyl (C=O) groups is 2. The number of carbonyl (C=O) groups excluding carboxylic acids is 2. The Morgan fingerprint density at radius 1 is 1.27 bits per heavy atom. The van der Waals surface area contributed by atoms with Gasteiger partial charge in [0.1, 0.15) is 12.3 Å². The first-order valence-corrected chi connectivity index (χ1v) is 8.71. The minimum absolute atomic E-state index is 0.0387. The fraction of sp³-hybridized carbons (Fsp3) is 0.0556. The van der Waals surface area contributed by atoms with Gasteiger partial charge in [-0.3, -0.25) is 9.59 Å². The van der Waals surface area contributed by atoms with Gasteiger partial charge in [-0.05, 0) is 46.9 Å². The second kappa shape index (κ2) is 7.56. The number of nitrogens with two attached hydrogens (primary N) is 1. The first kappa shape index (κ1) is 17.9. The van der Waals surface area contributed by atoms with E-state index in [1.54, 1.807) is 22.9 Å². The SMILES string of the molecule is NC(=O)Cn1cc(/C=N\NC(=O)c2ccc(I)c(O)c2)c2ccccc21. The quantitative estimate of drug-likeness (QED) is 0.307. The third kappa shape index (κ3) is 3.85. The van der Waals surface area contributed by atoms with E-state index in [1.165, 1.54) is 12.3 Å². The zero-order chi connectivity index (χ0) is 18.7. The van der Waals surface area contributed by atoms with E-state index in [2.05, 4.69) is 10.5 Å². The summed E-state index contributed by atoms with van der Waals surface area (Å²) < 4.78 is 2.39. The minimum Gasteiger partial charge on any atom is -0.507 e. The number of primary amides is 1. The molecular weight excluding hydrogens is 447 g/mol. The van der Waals surface area contributed by atoms with Crippen LogP contribution in [0.1, 0.15) is 15.9 Å². The molecule has 7 nitrogen and oxygen atoms in total. The highest BCUT2D eigenvalue weighted by molar-refractivity contribution is 14.1. The number of aromatic nitrogens is 1. The van der Waals surface area contributed by atoms with Crippen LogP contribution in [-0.4, -0.2) is 27.7 Å². The van der Waals surface area contributed by atoms with E-state index in [4.69, 9.17) is 5.73 Å². The van der Waals surface area contributed by atoms with E-state index in [0.717, 1.165) is 16.5 Å². The number of hydrogen-bond donors (Lipinski definition) is 3. The molecular formula is C18H15IN4O3. The number of amides is 2. The number of phenols is 1. The van der Waals surface area contributed by atoms with E-state index in [-0.39, 0.29) is 12.3 Å². The number of hydrazone groups is 1. The van der Waals surface area contributed by atoms with Gasteiger partial charge >= 0.3 is 0 Å². The van der Waals surface area contributed by atoms with E-state index in [9.17, 15) is 14.7 Å². The summed E-state index contributed by atoms with van der Waals surface area (Å²) in [4.78, 5) is 23.3. The fourth-order valence-corrected chi connectivity index (χ4v) is 2.89. The lowest BCUT2D eigenvalue weighted by Crippen LogP contribution is -2.18. The maximum absolute atomic E-state index is 12.1. The molecule has 8 heteroatoms. The number of hydrogen-bond acceptors (Lipinski definition) is 4. The van der Waals surface area contributed by atoms with Crippen molar-refractivity contribution in [2.45, 2.75) is 6.54 Å². The van der Waals surface area contributed by atoms with Crippen molar-refractivity contribution < 1.29 is 14.7 Å². The average Bonchev–Trinajstić information content (AvgIpc) is 2.94. The molecule has 1 heterocycles. The molecule has 0 aliphatic heterocycles. The molecule has 26 heavy (non-hydrogen) atoms. The maximum atomic E-state index is 12.1. The third-order valence-electron chi connectivity index (χ3n) is 3.72. The summed E-state index contributed by atoms with van der Waals surface area (Å²) in [6, 6.07) is 12.1. The van der Waals surface area contributed by atoms with E-state index < -0.39 is 11.8 Å². The van der Waals surface area contributed by atoms with Crippen LogP contribution in [0.3, 0.4) is 0 Å². The molecule has 4 N–H and O–H groups in total. The molecule has 3 aromatic rings. The molecule has 0 aliphatic carbocycles. The molecule has 0 aliphatic rings. The Balaban J connectivity index is 1.81. The van der Waals surface area contributed by atoms with Crippen molar-refractivity contribution in [1.82, 2.24) is 9.99 Å². The molecule has 0 radical (unpaired) electrons. The Hall–Kier alpha value is -2.88. The summed E-state index contributed by atoms with van der Waals surface area (Å²) >= 11 is 1.97. The van der Waals surface area contributed by atoms with Gasteiger partial charge in [0, 0.05) is 28.2 Å². The molecule has 2 aromatic carbocycles. The number of benzene rings is 2. The molecule has 0 atom stereocenters. The van der Waals surface area contributed by atoms with Crippen LogP contribution in [0.5, 0.6) is 5.75 Å². The van der Waals surface area contributed by atoms with Crippen LogP contribution in [0.15, 0.2) is 53.8 Å². The molecule has 0 unspecified atom stereocenters. The van der Waals surface area contributed by atoms with Crippen molar-refractivity contribution in [2.24, 2.45) is 10.8 Å². The van der Waals surface area contributed by atoms with Gasteiger partial charge in [-0.2, -0.15) is 5.10 Å². The summed E-state index contributed by atoms with van der Waals surface area (Å²) in [6.07, 6.45) is 3.26. The lowest BCUT2D eigenvalue weighted by Gasteiger charge is -2.02. The Morgan fingerprint density at radius 2 is 2.04 bits per heavy atom. The summed E-state index contributed by atoms with van der Waals surface area (Å²) in [5.74, 6) is -0.841. The lowest BCUT2D eigenvalue weighted by molar-refractivity contribution is -0.118. The number of fused-ring (bicyclic) bond motifs is 1. The van der Waals surface area contributed by atoms with Crippen molar-refractivity contribution in [1.29, 1.82) is 0 Å². The van der Waals surface area contributed by atoms with E-state index in [1.807, 2.05) is 46.9 Å². The molecule has 1 aromatic heterocycles. The van der Waals surface area contributed by atoms with Gasteiger partial charge in [0.05, 0.1) is 9.78 Å². The van der Waals surface area contributed by atoms with Gasteiger partial charge in [0.2, 0.25) is 5.91 Å². The largest absolute Gasteiger partial charge is 0.507 e. The highest BCUT2D eigenvalue weighted by atomic mass is 127. The summed E-state index contributed by atoms with van der Waals surface area (Å²) in [6.45, 7) is 0.0582. The fourth-order valence-electron chi connectivity index (χ4n) is 2.56. The Bertz CT molecular complexity index is 1030. The maximum Gasteiger partial charge on any atom is 0.271 e. The second-order valence-corrected chi connectivity index (χ2v) is 6.72. The van der Waals surface area contributed by atoms with Crippen LogP contribution in [0.25, 0.3) is 10.9 Å². The number of phenolic OH excluding ortho intramolecular Hbond substituents is 1. The zero-order valence-electron chi connectivity index (χ0n) is 13.5. The second-order valence-electron chi connectivity index (χ2n) is 5.56. The van der Waals surface area contributed by atoms with Crippen LogP contribution in [0.4, 0.5) is 0 Å². The highest BCUT2D eigenvalue weighted by Crippen LogP contribution is 2.21. The zero-order valence-corrected chi connectivity index (χ0v) is 15.7. The van der Waals surface area contributed by atoms with Gasteiger partial charge in [0.25, 0.3) is 5.91 Å². The predicted octanol–water partition coefficient (Wildman–Crippen LogP) is 2.20. The number of para-hydroxylation sites is 1. The molecule has 0 bridgehead atoms. The van der Waals surface area contributed by atoms with Crippen molar-refractivity contribution in [3.8, 4) is 5.75 Å². The summed E-state index contributed by atoms with van der Waals surface area (Å²) in [5, 5.41) is 14.5. The summed E-state index contributed by atoms with van der Waals surface area (Å²) in [5.41, 5.74) is 9.60. The van der Waals surface area contributed by atoms with E-state index in [0.29, 0.717) is 9.13 Å². The van der Waals surface area contributed by atoms with Gasteiger partial charge in [-0.25, -0.2) is 5.43 Å². The average molecular weight is 462 g/mol. The van der Waals surface area contributed by atoms with Crippen LogP contribution in [0, 0.1) is 3.57 Å². The molecule has 0 saturated carbocycles. The summed E-state index contributed by atoms with van der Waals surface area (Å²) in [7, 11) is 0. The molecule has 3 rings (SSSR count). The number of nitrogens with zero attached hydrogens (tertiary/aromatic N) is 2. The third-order valence-corrected chi connectivity index (χ3v) is 4.64. The van der Waals surface area contributed by atoms with Crippen LogP contribution in [0.2, 0.25) is 0 Å². The smallest absolute Gasteiger partial charge is 0.271 e. The van der Waals surface area contributed by atoms with Crippen LogP contribution < -0.4 is 11.2 Å². The van der Waals surface area contributed by atoms with Crippen molar-refractivity contribution in [3.63, 3.8) is 0 Å². The molecule has 0 fully saturated rings. The van der Waals surface area contributed by atoms with Gasteiger partial charge in [0.15, 0.2) is 0 Å². The molecule has 132 valence electrons. The number of halogens is 1. The number of aromatic hydroxyl groups is 1. The predicted molar refractivity (Wildman–Crippen MR) is 107 cm³/mol. The van der Waals surface area contributed by atoms with Crippen molar-refractivity contribution >= 4 is 51.5 Å². The Morgan fingerprint density at radius 3 is 2.77 bits per heavy atom. The molecule has 0 spiro atoms. The van der Waals surface area contributed by atoms with Crippen molar-refractivity contribution in [2.75, 3.05) is 0 Å². The lowest BCUT2D eigenvalue weighted by atomic mass is 10.2.